The molecule has 0 aliphatic rings. The molecule has 5 heteroatoms. The number of hydrogen-bond donors (Lipinski definition) is 1. The fourth-order valence-corrected chi connectivity index (χ4v) is 1.46. The Kier molecular flexibility index (Phi) is 2.82. The zero-order valence-corrected chi connectivity index (χ0v) is 8.90. The average Bonchev–Trinajstić information content (AvgIpc) is 2.78. The van der Waals surface area contributed by atoms with Crippen LogP contribution in [0.3, 0.4) is 0 Å². The van der Waals surface area contributed by atoms with E-state index in [2.05, 4.69) is 27.8 Å². The highest BCUT2D eigenvalue weighted by Gasteiger charge is 2.03. The molecular formula is C10H14N4O. The van der Waals surface area contributed by atoms with Crippen molar-refractivity contribution in [3.8, 4) is 0 Å². The van der Waals surface area contributed by atoms with Gasteiger partial charge in [-0.1, -0.05) is 0 Å². The fraction of sp³-hybridized carbons (Fsp3) is 0.400. The molecule has 1 N–H and O–H groups in total. The Hall–Kier alpha value is -1.62. The Labute approximate surface area is 88.1 Å². The van der Waals surface area contributed by atoms with Gasteiger partial charge in [-0.2, -0.15) is 0 Å². The molecule has 2 aromatic rings. The summed E-state index contributed by atoms with van der Waals surface area (Å²) in [5, 5.41) is 10.8. The van der Waals surface area contributed by atoms with Crippen LogP contribution in [0, 0.1) is 6.92 Å². The van der Waals surface area contributed by atoms with E-state index in [9.17, 15) is 0 Å². The van der Waals surface area contributed by atoms with Crippen LogP contribution < -0.4 is 5.32 Å². The summed E-state index contributed by atoms with van der Waals surface area (Å²) in [5.74, 6) is 1.24. The Morgan fingerprint density at radius 1 is 1.47 bits per heavy atom. The maximum atomic E-state index is 5.30. The van der Waals surface area contributed by atoms with Crippen LogP contribution in [0.25, 0.3) is 0 Å². The lowest BCUT2D eigenvalue weighted by molar-refractivity contribution is 0.455. The van der Waals surface area contributed by atoms with E-state index in [4.69, 9.17) is 4.42 Å². The molecule has 5 nitrogen and oxygen atoms in total. The lowest BCUT2D eigenvalue weighted by Crippen LogP contribution is -2.04. The highest BCUT2D eigenvalue weighted by Crippen LogP contribution is 2.05. The molecule has 0 atom stereocenters. The molecule has 0 unspecified atom stereocenters. The lowest BCUT2D eigenvalue weighted by Gasteiger charge is -1.97. The number of nitrogens with one attached hydrogen (secondary N) is 1. The molecule has 2 aromatic heterocycles. The van der Waals surface area contributed by atoms with E-state index < -0.39 is 0 Å². The first kappa shape index (κ1) is 9.92. The van der Waals surface area contributed by atoms with Crippen LogP contribution in [0.1, 0.15) is 17.3 Å². The number of rotatable bonds is 4. The molecule has 0 aromatic carbocycles. The largest absolute Gasteiger partial charge is 0.424 e. The van der Waals surface area contributed by atoms with Gasteiger partial charge in [0.15, 0.2) is 0 Å². The second-order valence-corrected chi connectivity index (χ2v) is 3.44. The molecule has 15 heavy (non-hydrogen) atoms. The van der Waals surface area contributed by atoms with E-state index in [1.165, 1.54) is 5.56 Å². The predicted octanol–water partition coefficient (Wildman–Crippen LogP) is 0.947. The number of nitrogens with zero attached hydrogens (tertiary/aromatic N) is 3. The van der Waals surface area contributed by atoms with E-state index in [0.29, 0.717) is 18.3 Å². The molecule has 0 radical (unpaired) electrons. The zero-order valence-electron chi connectivity index (χ0n) is 8.90. The summed E-state index contributed by atoms with van der Waals surface area (Å²) in [7, 11) is 1.93. The standard InChI is InChI=1S/C10H14N4O/c1-8-12-13-10(15-8)7-14-4-3-9(6-14)5-11-2/h3-4,6,11H,5,7H2,1-2H3. The lowest BCUT2D eigenvalue weighted by atomic mass is 10.3. The van der Waals surface area contributed by atoms with Gasteiger partial charge in [0.2, 0.25) is 11.8 Å². The SMILES string of the molecule is CNCc1ccn(Cc2nnc(C)o2)c1. The summed E-state index contributed by atoms with van der Waals surface area (Å²) < 4.78 is 7.33. The van der Waals surface area contributed by atoms with Crippen molar-refractivity contribution >= 4 is 0 Å². The number of hydrogen-bond acceptors (Lipinski definition) is 4. The summed E-state index contributed by atoms with van der Waals surface area (Å²) in [6.07, 6.45) is 4.07. The van der Waals surface area contributed by atoms with Gasteiger partial charge in [0.25, 0.3) is 0 Å². The first-order valence-corrected chi connectivity index (χ1v) is 4.86. The molecule has 2 rings (SSSR count). The van der Waals surface area contributed by atoms with Crippen molar-refractivity contribution in [2.24, 2.45) is 0 Å². The molecule has 80 valence electrons. The van der Waals surface area contributed by atoms with Gasteiger partial charge in [-0.3, -0.25) is 0 Å². The van der Waals surface area contributed by atoms with Crippen LogP contribution in [0.5, 0.6) is 0 Å². The van der Waals surface area contributed by atoms with Crippen molar-refractivity contribution in [1.29, 1.82) is 0 Å². The molecule has 0 amide bonds. The van der Waals surface area contributed by atoms with Crippen molar-refractivity contribution in [2.75, 3.05) is 7.05 Å². The van der Waals surface area contributed by atoms with E-state index in [-0.39, 0.29) is 0 Å². The Bertz CT molecular complexity index is 432. The molecule has 2 heterocycles. The molecule has 0 aliphatic carbocycles. The van der Waals surface area contributed by atoms with Crippen molar-refractivity contribution < 1.29 is 4.42 Å². The second-order valence-electron chi connectivity index (χ2n) is 3.44. The summed E-state index contributed by atoms with van der Waals surface area (Å²) in [5.41, 5.74) is 1.24. The van der Waals surface area contributed by atoms with Crippen molar-refractivity contribution in [1.82, 2.24) is 20.1 Å². The predicted molar refractivity (Wildman–Crippen MR) is 55.3 cm³/mol. The quantitative estimate of drug-likeness (QED) is 0.809. The Morgan fingerprint density at radius 2 is 2.33 bits per heavy atom. The van der Waals surface area contributed by atoms with E-state index >= 15 is 0 Å². The van der Waals surface area contributed by atoms with Gasteiger partial charge in [0, 0.05) is 25.9 Å². The molecule has 0 saturated carbocycles. The van der Waals surface area contributed by atoms with Crippen molar-refractivity contribution in [2.45, 2.75) is 20.0 Å². The van der Waals surface area contributed by atoms with Gasteiger partial charge in [-0.25, -0.2) is 0 Å². The molecule has 0 saturated heterocycles. The summed E-state index contributed by atoms with van der Waals surface area (Å²) in [6.45, 7) is 3.29. The monoisotopic (exact) mass is 206 g/mol. The average molecular weight is 206 g/mol. The van der Waals surface area contributed by atoms with Gasteiger partial charge >= 0.3 is 0 Å². The zero-order chi connectivity index (χ0) is 10.7. The molecular weight excluding hydrogens is 192 g/mol. The van der Waals surface area contributed by atoms with E-state index in [1.807, 2.05) is 17.8 Å². The minimum absolute atomic E-state index is 0.604. The van der Waals surface area contributed by atoms with Crippen molar-refractivity contribution in [3.63, 3.8) is 0 Å². The van der Waals surface area contributed by atoms with Gasteiger partial charge in [-0.15, -0.1) is 10.2 Å². The minimum Gasteiger partial charge on any atom is -0.424 e. The van der Waals surface area contributed by atoms with Gasteiger partial charge < -0.3 is 14.3 Å². The third-order valence-electron chi connectivity index (χ3n) is 2.08. The van der Waals surface area contributed by atoms with Crippen LogP contribution in [0.4, 0.5) is 0 Å². The second kappa shape index (κ2) is 4.27. The topological polar surface area (TPSA) is 55.9 Å². The van der Waals surface area contributed by atoms with Crippen LogP contribution in [-0.2, 0) is 13.1 Å². The molecule has 0 spiro atoms. The van der Waals surface area contributed by atoms with E-state index in [0.717, 1.165) is 6.54 Å². The van der Waals surface area contributed by atoms with Crippen molar-refractivity contribution in [3.05, 3.63) is 35.8 Å². The first-order chi connectivity index (χ1) is 7.28. The highest BCUT2D eigenvalue weighted by atomic mass is 16.4. The Morgan fingerprint density at radius 3 is 3.00 bits per heavy atom. The Balaban J connectivity index is 2.04. The summed E-state index contributed by atoms with van der Waals surface area (Å²) in [4.78, 5) is 0. The smallest absolute Gasteiger partial charge is 0.236 e. The number of aryl methyl sites for hydroxylation is 1. The normalized spacial score (nSPS) is 10.8. The highest BCUT2D eigenvalue weighted by molar-refractivity contribution is 5.10. The molecule has 0 bridgehead atoms. The van der Waals surface area contributed by atoms with Gasteiger partial charge in [0.05, 0.1) is 0 Å². The third-order valence-corrected chi connectivity index (χ3v) is 2.08. The van der Waals surface area contributed by atoms with Crippen LogP contribution in [-0.4, -0.2) is 21.8 Å². The van der Waals surface area contributed by atoms with Crippen LogP contribution in [0.2, 0.25) is 0 Å². The molecule has 0 fully saturated rings. The summed E-state index contributed by atoms with van der Waals surface area (Å²) in [6, 6.07) is 2.07. The van der Waals surface area contributed by atoms with Gasteiger partial charge in [0.1, 0.15) is 6.54 Å². The molecule has 0 aliphatic heterocycles. The minimum atomic E-state index is 0.604. The third kappa shape index (κ3) is 2.44. The maximum absolute atomic E-state index is 5.30. The van der Waals surface area contributed by atoms with Gasteiger partial charge in [-0.05, 0) is 18.7 Å². The first-order valence-electron chi connectivity index (χ1n) is 4.86. The summed E-state index contributed by atoms with van der Waals surface area (Å²) >= 11 is 0. The van der Waals surface area contributed by atoms with E-state index in [1.54, 1.807) is 6.92 Å². The fourth-order valence-electron chi connectivity index (χ4n) is 1.46. The van der Waals surface area contributed by atoms with Crippen LogP contribution in [0.15, 0.2) is 22.9 Å². The number of aromatic nitrogens is 3. The van der Waals surface area contributed by atoms with Crippen LogP contribution >= 0.6 is 0 Å². The maximum Gasteiger partial charge on any atom is 0.236 e.